The first-order chi connectivity index (χ1) is 17.3. The van der Waals surface area contributed by atoms with Crippen molar-refractivity contribution >= 4 is 41.3 Å². The third kappa shape index (κ3) is 4.35. The van der Waals surface area contributed by atoms with Gasteiger partial charge in [0.2, 0.25) is 11.8 Å². The van der Waals surface area contributed by atoms with Gasteiger partial charge in [0, 0.05) is 30.8 Å². The predicted octanol–water partition coefficient (Wildman–Crippen LogP) is 0.489. The summed E-state index contributed by atoms with van der Waals surface area (Å²) in [6.45, 7) is 4.56. The van der Waals surface area contributed by atoms with E-state index in [1.165, 1.54) is 5.56 Å². The molecule has 0 saturated carbocycles. The van der Waals surface area contributed by atoms with Crippen molar-refractivity contribution in [2.45, 2.75) is 36.8 Å². The van der Waals surface area contributed by atoms with Crippen LogP contribution in [0, 0.1) is 0 Å². The number of hydrogen-bond donors (Lipinski definition) is 1. The molecule has 0 aromatic heterocycles. The molecule has 1 N–H and O–H groups in total. The van der Waals surface area contributed by atoms with E-state index in [4.69, 9.17) is 33.0 Å². The molecule has 3 atom stereocenters. The maximum Gasteiger partial charge on any atom is 0.254 e. The van der Waals surface area contributed by atoms with Crippen molar-refractivity contribution in [3.8, 4) is 5.75 Å². The molecule has 2 fully saturated rings. The molecule has 3 heterocycles. The Hall–Kier alpha value is -3.04. The number of rotatable bonds is 6. The number of piperidine rings is 1. The van der Waals surface area contributed by atoms with Crippen LogP contribution < -0.4 is 10.1 Å². The lowest BCUT2D eigenvalue weighted by Gasteiger charge is -2.48. The SMILES string of the molecule is [B]C1C(=O)NC(=O)C([B])(N2Cc3c(OCc4ccc(CN5CCOCC5)cc4)cccc3C2=O)C1[B]. The van der Waals surface area contributed by atoms with Crippen molar-refractivity contribution in [1.82, 2.24) is 15.1 Å². The lowest BCUT2D eigenvalue weighted by molar-refractivity contribution is -0.138. The second kappa shape index (κ2) is 9.79. The number of fused-ring (bicyclic) bond motifs is 1. The van der Waals surface area contributed by atoms with Crippen LogP contribution in [0.5, 0.6) is 5.75 Å². The van der Waals surface area contributed by atoms with Crippen LogP contribution in [0.25, 0.3) is 0 Å². The smallest absolute Gasteiger partial charge is 0.254 e. The lowest BCUT2D eigenvalue weighted by atomic mass is 9.48. The molecule has 3 unspecified atom stereocenters. The number of morpholine rings is 1. The minimum atomic E-state index is -1.98. The molecule has 11 heteroatoms. The summed E-state index contributed by atoms with van der Waals surface area (Å²) in [5.74, 6) is -4.05. The average Bonchev–Trinajstić information content (AvgIpc) is 3.24. The van der Waals surface area contributed by atoms with E-state index >= 15 is 0 Å². The number of benzene rings is 2. The lowest BCUT2D eigenvalue weighted by Crippen LogP contribution is -2.67. The minimum Gasteiger partial charge on any atom is -0.489 e. The van der Waals surface area contributed by atoms with Gasteiger partial charge in [-0.3, -0.25) is 24.6 Å². The van der Waals surface area contributed by atoms with E-state index in [1.54, 1.807) is 18.2 Å². The van der Waals surface area contributed by atoms with E-state index in [9.17, 15) is 14.4 Å². The molecule has 6 radical (unpaired) electrons. The number of amides is 3. The molecule has 3 aliphatic heterocycles. The molecular formula is C25H24B3N3O5. The number of imide groups is 1. The summed E-state index contributed by atoms with van der Waals surface area (Å²) >= 11 is 0. The summed E-state index contributed by atoms with van der Waals surface area (Å²) in [5.41, 5.74) is 1.18. The largest absolute Gasteiger partial charge is 0.489 e. The standard InChI is InChI=1S/C25H24B3N3O5/c26-20-21(27)25(28,24(34)29-22(20)32)31-13-18-17(23(31)33)2-1-3-19(18)36-14-16-6-4-15(5-7-16)12-30-8-10-35-11-9-30/h1-7,20-21H,8-14H2,(H,29,32,34). The van der Waals surface area contributed by atoms with E-state index < -0.39 is 34.8 Å². The van der Waals surface area contributed by atoms with Crippen LogP contribution in [-0.2, 0) is 34.0 Å². The summed E-state index contributed by atoms with van der Waals surface area (Å²) in [5, 5.41) is 2.12. The van der Waals surface area contributed by atoms with E-state index in [0.29, 0.717) is 23.5 Å². The summed E-state index contributed by atoms with van der Waals surface area (Å²) in [6, 6.07) is 13.3. The summed E-state index contributed by atoms with van der Waals surface area (Å²) < 4.78 is 11.5. The summed E-state index contributed by atoms with van der Waals surface area (Å²) in [6.07, 6.45) is 0. The van der Waals surface area contributed by atoms with Gasteiger partial charge in [-0.05, 0) is 29.1 Å². The molecule has 8 nitrogen and oxygen atoms in total. The zero-order valence-electron chi connectivity index (χ0n) is 19.8. The Morgan fingerprint density at radius 1 is 1.03 bits per heavy atom. The van der Waals surface area contributed by atoms with Gasteiger partial charge in [0.1, 0.15) is 20.2 Å². The van der Waals surface area contributed by atoms with Crippen molar-refractivity contribution in [1.29, 1.82) is 0 Å². The van der Waals surface area contributed by atoms with Gasteiger partial charge < -0.3 is 14.4 Å². The molecule has 3 aliphatic rings. The van der Waals surface area contributed by atoms with Crippen LogP contribution in [0.15, 0.2) is 42.5 Å². The summed E-state index contributed by atoms with van der Waals surface area (Å²) in [4.78, 5) is 41.3. The molecule has 3 amide bonds. The molecule has 0 bridgehead atoms. The molecule has 2 saturated heterocycles. The van der Waals surface area contributed by atoms with Crippen LogP contribution in [-0.4, -0.2) is 82.8 Å². The highest BCUT2D eigenvalue weighted by molar-refractivity contribution is 6.43. The van der Waals surface area contributed by atoms with Gasteiger partial charge in [-0.15, -0.1) is 0 Å². The first kappa shape index (κ1) is 24.7. The zero-order chi connectivity index (χ0) is 25.4. The highest BCUT2D eigenvalue weighted by Crippen LogP contribution is 2.42. The number of carbonyl (C=O) groups excluding carboxylic acids is 3. The number of nitrogens with one attached hydrogen (secondary N) is 1. The van der Waals surface area contributed by atoms with Crippen LogP contribution >= 0.6 is 0 Å². The van der Waals surface area contributed by atoms with Gasteiger partial charge in [-0.1, -0.05) is 36.1 Å². The summed E-state index contributed by atoms with van der Waals surface area (Å²) in [7, 11) is 18.3. The number of ether oxygens (including phenoxy) is 2. The molecule has 2 aromatic rings. The number of carbonyl (C=O) groups is 3. The molecule has 0 aliphatic carbocycles. The van der Waals surface area contributed by atoms with Gasteiger partial charge >= 0.3 is 0 Å². The van der Waals surface area contributed by atoms with Crippen molar-refractivity contribution in [3.05, 3.63) is 64.7 Å². The van der Waals surface area contributed by atoms with Crippen LogP contribution in [0.2, 0.25) is 11.6 Å². The first-order valence-corrected chi connectivity index (χ1v) is 11.9. The molecule has 36 heavy (non-hydrogen) atoms. The second-order valence-corrected chi connectivity index (χ2v) is 9.36. The maximum atomic E-state index is 13.2. The molecule has 2 aromatic carbocycles. The van der Waals surface area contributed by atoms with E-state index in [-0.39, 0.29) is 6.54 Å². The first-order valence-electron chi connectivity index (χ1n) is 11.9. The molecule has 5 rings (SSSR count). The van der Waals surface area contributed by atoms with Crippen LogP contribution in [0.4, 0.5) is 0 Å². The van der Waals surface area contributed by atoms with Crippen LogP contribution in [0.1, 0.15) is 27.0 Å². The fraction of sp³-hybridized carbons (Fsp3) is 0.400. The highest BCUT2D eigenvalue weighted by atomic mass is 16.5. The Bertz CT molecular complexity index is 1190. The van der Waals surface area contributed by atoms with Gasteiger partial charge in [-0.2, -0.15) is 0 Å². The Morgan fingerprint density at radius 2 is 1.72 bits per heavy atom. The molecule has 178 valence electrons. The maximum absolute atomic E-state index is 13.2. The fourth-order valence-corrected chi connectivity index (χ4v) is 4.84. The fourth-order valence-electron chi connectivity index (χ4n) is 4.84. The van der Waals surface area contributed by atoms with Crippen molar-refractivity contribution in [2.24, 2.45) is 0 Å². The van der Waals surface area contributed by atoms with Gasteiger partial charge in [0.15, 0.2) is 0 Å². The predicted molar refractivity (Wildman–Crippen MR) is 134 cm³/mol. The van der Waals surface area contributed by atoms with Crippen molar-refractivity contribution < 1.29 is 23.9 Å². The van der Waals surface area contributed by atoms with Crippen molar-refractivity contribution in [3.63, 3.8) is 0 Å². The number of nitrogens with zero attached hydrogens (tertiary/aromatic N) is 2. The van der Waals surface area contributed by atoms with Gasteiger partial charge in [-0.25, -0.2) is 0 Å². The average molecular weight is 479 g/mol. The Morgan fingerprint density at radius 3 is 2.44 bits per heavy atom. The van der Waals surface area contributed by atoms with E-state index in [1.807, 2.05) is 12.1 Å². The van der Waals surface area contributed by atoms with Crippen molar-refractivity contribution in [2.75, 3.05) is 26.3 Å². The Kier molecular flexibility index (Phi) is 6.70. The van der Waals surface area contributed by atoms with E-state index in [2.05, 4.69) is 22.3 Å². The third-order valence-electron chi connectivity index (χ3n) is 7.10. The topological polar surface area (TPSA) is 88.2 Å². The number of hydrogen-bond acceptors (Lipinski definition) is 6. The van der Waals surface area contributed by atoms with E-state index in [0.717, 1.165) is 43.3 Å². The second-order valence-electron chi connectivity index (χ2n) is 9.36. The Balaban J connectivity index is 1.29. The quantitative estimate of drug-likeness (QED) is 0.480. The highest BCUT2D eigenvalue weighted by Gasteiger charge is 2.54. The van der Waals surface area contributed by atoms with Gasteiger partial charge in [0.25, 0.3) is 5.91 Å². The Labute approximate surface area is 213 Å². The zero-order valence-corrected chi connectivity index (χ0v) is 19.8. The molecule has 0 spiro atoms. The van der Waals surface area contributed by atoms with Crippen LogP contribution in [0.3, 0.4) is 0 Å². The molecular weight excluding hydrogens is 455 g/mol. The third-order valence-corrected chi connectivity index (χ3v) is 7.10. The van der Waals surface area contributed by atoms with Gasteiger partial charge in [0.05, 0.1) is 40.9 Å². The minimum absolute atomic E-state index is 0.00135. The monoisotopic (exact) mass is 479 g/mol. The normalized spacial score (nSPS) is 26.6.